The van der Waals surface area contributed by atoms with Crippen molar-refractivity contribution >= 4 is 17.7 Å². The van der Waals surface area contributed by atoms with E-state index in [0.717, 1.165) is 11.8 Å². The second kappa shape index (κ2) is 9.38. The van der Waals surface area contributed by atoms with Gasteiger partial charge in [0.15, 0.2) is 0 Å². The van der Waals surface area contributed by atoms with Crippen molar-refractivity contribution < 1.29 is 29.6 Å². The molecule has 10 nitrogen and oxygen atoms in total. The van der Waals surface area contributed by atoms with E-state index in [4.69, 9.17) is 20.7 Å². The van der Waals surface area contributed by atoms with Crippen molar-refractivity contribution in [3.05, 3.63) is 40.8 Å². The standard InChI is InChI=1S/C16H22N4O6S/c1-25-15(24)16(27-9-5-3-2-4-6-9)7-10(21)12(17)14(26-16)13(23)11(22)8-19-20-18/h2-6,10-14,21-23H,7-8,17H2,1H3/t10?,11-,12-,13-,14?,16+/m1/s1. The van der Waals surface area contributed by atoms with Gasteiger partial charge in [0.25, 0.3) is 0 Å². The molecular formula is C16H22N4O6S. The highest BCUT2D eigenvalue weighted by molar-refractivity contribution is 8.01. The van der Waals surface area contributed by atoms with E-state index in [-0.39, 0.29) is 6.42 Å². The molecule has 0 radical (unpaired) electrons. The van der Waals surface area contributed by atoms with Crippen LogP contribution in [-0.4, -0.2) is 70.3 Å². The molecule has 0 spiro atoms. The zero-order chi connectivity index (χ0) is 20.0. The van der Waals surface area contributed by atoms with E-state index in [9.17, 15) is 20.1 Å². The molecule has 1 aromatic carbocycles. The smallest absolute Gasteiger partial charge is 0.349 e. The fourth-order valence-corrected chi connectivity index (χ4v) is 4.05. The Balaban J connectivity index is 2.33. The summed E-state index contributed by atoms with van der Waals surface area (Å²) in [5.41, 5.74) is 14.3. The van der Waals surface area contributed by atoms with E-state index >= 15 is 0 Å². The molecule has 11 heteroatoms. The van der Waals surface area contributed by atoms with E-state index in [2.05, 4.69) is 10.0 Å². The highest BCUT2D eigenvalue weighted by Gasteiger charge is 2.54. The summed E-state index contributed by atoms with van der Waals surface area (Å²) in [6.07, 6.45) is -5.76. The predicted octanol–water partition coefficient (Wildman–Crippen LogP) is 0.157. The summed E-state index contributed by atoms with van der Waals surface area (Å²) in [5, 5.41) is 34.0. The fourth-order valence-electron chi connectivity index (χ4n) is 2.79. The summed E-state index contributed by atoms with van der Waals surface area (Å²) >= 11 is 1.01. The Bertz CT molecular complexity index is 689. The molecule has 1 aliphatic rings. The Morgan fingerprint density at radius 1 is 1.52 bits per heavy atom. The van der Waals surface area contributed by atoms with Crippen molar-refractivity contribution in [2.24, 2.45) is 10.8 Å². The summed E-state index contributed by atoms with van der Waals surface area (Å²) in [6.45, 7) is -0.419. The number of nitrogens with two attached hydrogens (primary N) is 1. The molecule has 2 rings (SSSR count). The van der Waals surface area contributed by atoms with E-state index in [1.54, 1.807) is 30.3 Å². The average molecular weight is 398 g/mol. The third-order valence-electron chi connectivity index (χ3n) is 4.21. The summed E-state index contributed by atoms with van der Waals surface area (Å²) in [4.78, 5) is 14.0. The SMILES string of the molecule is COC(=O)[C@@]1(Sc2ccccc2)CC(O)[C@@H](N)C([C@H](O)[C@H](O)CN=[N+]=[N-])O1. The first kappa shape index (κ1) is 21.5. The van der Waals surface area contributed by atoms with Gasteiger partial charge in [0, 0.05) is 16.2 Å². The minimum absolute atomic E-state index is 0.171. The molecule has 27 heavy (non-hydrogen) atoms. The molecule has 0 aliphatic carbocycles. The number of azide groups is 1. The lowest BCUT2D eigenvalue weighted by molar-refractivity contribution is -0.200. The number of benzene rings is 1. The summed E-state index contributed by atoms with van der Waals surface area (Å²) in [5.74, 6) is -0.760. The molecule has 1 aliphatic heterocycles. The van der Waals surface area contributed by atoms with E-state index in [1.165, 1.54) is 7.11 Å². The van der Waals surface area contributed by atoms with Crippen LogP contribution in [0.15, 0.2) is 40.3 Å². The molecule has 1 aromatic rings. The largest absolute Gasteiger partial charge is 0.466 e. The van der Waals surface area contributed by atoms with Crippen LogP contribution in [0.3, 0.4) is 0 Å². The first-order valence-corrected chi connectivity index (χ1v) is 8.97. The van der Waals surface area contributed by atoms with Crippen LogP contribution in [-0.2, 0) is 14.3 Å². The van der Waals surface area contributed by atoms with Crippen molar-refractivity contribution in [2.75, 3.05) is 13.7 Å². The van der Waals surface area contributed by atoms with Crippen molar-refractivity contribution in [1.29, 1.82) is 0 Å². The van der Waals surface area contributed by atoms with Gasteiger partial charge in [-0.15, -0.1) is 0 Å². The number of carbonyl (C=O) groups excluding carboxylic acids is 1. The van der Waals surface area contributed by atoms with E-state index in [0.29, 0.717) is 4.90 Å². The monoisotopic (exact) mass is 398 g/mol. The molecule has 1 heterocycles. The molecule has 1 fully saturated rings. The first-order chi connectivity index (χ1) is 12.8. The van der Waals surface area contributed by atoms with Crippen LogP contribution in [0.5, 0.6) is 0 Å². The second-order valence-corrected chi connectivity index (χ2v) is 7.40. The van der Waals surface area contributed by atoms with Crippen LogP contribution in [0.4, 0.5) is 0 Å². The van der Waals surface area contributed by atoms with Gasteiger partial charge in [0.1, 0.15) is 12.2 Å². The van der Waals surface area contributed by atoms with Gasteiger partial charge < -0.3 is 30.5 Å². The quantitative estimate of drug-likeness (QED) is 0.218. The maximum absolute atomic E-state index is 12.5. The predicted molar refractivity (Wildman–Crippen MR) is 96.5 cm³/mol. The third kappa shape index (κ3) is 4.90. The molecular weight excluding hydrogens is 376 g/mol. The third-order valence-corrected chi connectivity index (χ3v) is 5.48. The highest BCUT2D eigenvalue weighted by atomic mass is 32.2. The van der Waals surface area contributed by atoms with Crippen molar-refractivity contribution in [2.45, 2.75) is 46.7 Å². The van der Waals surface area contributed by atoms with Gasteiger partial charge in [0.05, 0.1) is 31.9 Å². The molecule has 1 saturated heterocycles. The number of thioether (sulfide) groups is 1. The molecule has 0 amide bonds. The van der Waals surface area contributed by atoms with Gasteiger partial charge in [-0.1, -0.05) is 35.1 Å². The lowest BCUT2D eigenvalue weighted by atomic mass is 9.90. The molecule has 0 saturated carbocycles. The topological polar surface area (TPSA) is 171 Å². The van der Waals surface area contributed by atoms with Gasteiger partial charge in [-0.05, 0) is 17.7 Å². The normalized spacial score (nSPS) is 30.0. The van der Waals surface area contributed by atoms with E-state index < -0.39 is 47.9 Å². The van der Waals surface area contributed by atoms with Gasteiger partial charge >= 0.3 is 5.97 Å². The fraction of sp³-hybridized carbons (Fsp3) is 0.562. The minimum Gasteiger partial charge on any atom is -0.466 e. The van der Waals surface area contributed by atoms with Gasteiger partial charge in [0.2, 0.25) is 4.93 Å². The number of hydrogen-bond acceptors (Lipinski definition) is 9. The zero-order valence-electron chi connectivity index (χ0n) is 14.6. The number of carbonyl (C=O) groups is 1. The lowest BCUT2D eigenvalue weighted by Crippen LogP contribution is -2.64. The van der Waals surface area contributed by atoms with Crippen LogP contribution < -0.4 is 5.73 Å². The Labute approximate surface area is 159 Å². The number of aliphatic hydroxyl groups excluding tert-OH is 3. The second-order valence-electron chi connectivity index (χ2n) is 6.06. The van der Waals surface area contributed by atoms with Crippen LogP contribution >= 0.6 is 11.8 Å². The zero-order valence-corrected chi connectivity index (χ0v) is 15.4. The Morgan fingerprint density at radius 3 is 2.78 bits per heavy atom. The highest BCUT2D eigenvalue weighted by Crippen LogP contribution is 2.44. The maximum Gasteiger partial charge on any atom is 0.349 e. The van der Waals surface area contributed by atoms with Crippen LogP contribution in [0.1, 0.15) is 6.42 Å². The summed E-state index contributed by atoms with van der Waals surface area (Å²) in [6, 6.07) is 7.78. The van der Waals surface area contributed by atoms with Gasteiger partial charge in [-0.2, -0.15) is 0 Å². The molecule has 148 valence electrons. The van der Waals surface area contributed by atoms with Crippen LogP contribution in [0, 0.1) is 0 Å². The van der Waals surface area contributed by atoms with Gasteiger partial charge in [-0.25, -0.2) is 4.79 Å². The summed E-state index contributed by atoms with van der Waals surface area (Å²) < 4.78 is 10.7. The Hall–Kier alpha value is -1.85. The molecule has 5 N–H and O–H groups in total. The number of rotatable bonds is 7. The number of esters is 1. The van der Waals surface area contributed by atoms with Crippen molar-refractivity contribution in [3.63, 3.8) is 0 Å². The van der Waals surface area contributed by atoms with Crippen molar-refractivity contribution in [3.8, 4) is 0 Å². The van der Waals surface area contributed by atoms with Gasteiger partial charge in [-0.3, -0.25) is 0 Å². The number of aliphatic hydroxyl groups is 3. The van der Waals surface area contributed by atoms with Crippen molar-refractivity contribution in [1.82, 2.24) is 0 Å². The lowest BCUT2D eigenvalue weighted by Gasteiger charge is -2.45. The average Bonchev–Trinajstić information content (AvgIpc) is 2.68. The molecule has 0 bridgehead atoms. The maximum atomic E-state index is 12.5. The Morgan fingerprint density at radius 2 is 2.19 bits per heavy atom. The number of nitrogens with zero attached hydrogens (tertiary/aromatic N) is 3. The molecule has 2 unspecified atom stereocenters. The number of methoxy groups -OCH3 is 1. The molecule has 6 atom stereocenters. The van der Waals surface area contributed by atoms with Crippen LogP contribution in [0.25, 0.3) is 10.4 Å². The van der Waals surface area contributed by atoms with E-state index in [1.807, 2.05) is 0 Å². The number of ether oxygens (including phenoxy) is 2. The Kier molecular flexibility index (Phi) is 7.45. The van der Waals surface area contributed by atoms with Crippen LogP contribution in [0.2, 0.25) is 0 Å². The number of hydrogen-bond donors (Lipinski definition) is 4. The molecule has 0 aromatic heterocycles. The first-order valence-electron chi connectivity index (χ1n) is 8.15. The summed E-state index contributed by atoms with van der Waals surface area (Å²) in [7, 11) is 1.18. The minimum atomic E-state index is -1.67.